The Kier molecular flexibility index (Phi) is 3.47. The Morgan fingerprint density at radius 3 is 2.43 bits per heavy atom. The minimum absolute atomic E-state index is 0.0463. The summed E-state index contributed by atoms with van der Waals surface area (Å²) in [5, 5.41) is 2.82. The van der Waals surface area contributed by atoms with E-state index >= 15 is 0 Å². The Morgan fingerprint density at radius 2 is 1.90 bits per heavy atom. The van der Waals surface area contributed by atoms with Crippen LogP contribution in [0.3, 0.4) is 0 Å². The molecule has 2 aliphatic rings. The number of nitrogens with one attached hydrogen (secondary N) is 1. The molecule has 1 N–H and O–H groups in total. The molecule has 2 fully saturated rings. The highest BCUT2D eigenvalue weighted by molar-refractivity contribution is 5.97. The molecule has 4 nitrogen and oxygen atoms in total. The molecule has 3 rings (SSSR count). The lowest BCUT2D eigenvalue weighted by Crippen LogP contribution is -2.67. The molecule has 1 saturated carbocycles. The summed E-state index contributed by atoms with van der Waals surface area (Å²) in [7, 11) is 0. The van der Waals surface area contributed by atoms with Gasteiger partial charge in [-0.05, 0) is 38.2 Å². The topological polar surface area (TPSA) is 49.4 Å². The molecule has 2 atom stereocenters. The number of piperazine rings is 1. The van der Waals surface area contributed by atoms with Gasteiger partial charge in [-0.3, -0.25) is 9.59 Å². The van der Waals surface area contributed by atoms with Gasteiger partial charge in [-0.15, -0.1) is 0 Å². The van der Waals surface area contributed by atoms with Crippen LogP contribution >= 0.6 is 0 Å². The van der Waals surface area contributed by atoms with E-state index in [1.54, 1.807) is 6.92 Å². The van der Waals surface area contributed by atoms with Gasteiger partial charge in [0, 0.05) is 5.54 Å². The van der Waals surface area contributed by atoms with Gasteiger partial charge in [-0.1, -0.05) is 37.3 Å². The normalized spacial score (nSPS) is 28.0. The molecule has 0 spiro atoms. The number of nitrogens with zero attached hydrogens (tertiary/aromatic N) is 1. The van der Waals surface area contributed by atoms with Gasteiger partial charge in [0.05, 0.1) is 0 Å². The maximum Gasteiger partial charge on any atom is 0.248 e. The predicted molar refractivity (Wildman–Crippen MR) is 80.5 cm³/mol. The largest absolute Gasteiger partial charge is 0.342 e. The molecule has 0 bridgehead atoms. The van der Waals surface area contributed by atoms with Crippen molar-refractivity contribution in [3.8, 4) is 0 Å². The summed E-state index contributed by atoms with van der Waals surface area (Å²) in [5.41, 5.74) is 0.763. The summed E-state index contributed by atoms with van der Waals surface area (Å²) >= 11 is 0. The van der Waals surface area contributed by atoms with Crippen LogP contribution in [0.15, 0.2) is 30.3 Å². The van der Waals surface area contributed by atoms with Crippen molar-refractivity contribution in [3.05, 3.63) is 35.9 Å². The lowest BCUT2D eigenvalue weighted by Gasteiger charge is -2.55. The second-order valence-corrected chi connectivity index (χ2v) is 6.18. The van der Waals surface area contributed by atoms with Crippen LogP contribution < -0.4 is 5.32 Å². The third-order valence-electron chi connectivity index (χ3n) is 5.04. The second-order valence-electron chi connectivity index (χ2n) is 6.18. The highest BCUT2D eigenvalue weighted by atomic mass is 16.2. The average Bonchev–Trinajstić information content (AvgIpc) is 2.44. The van der Waals surface area contributed by atoms with Crippen LogP contribution in [-0.2, 0) is 9.59 Å². The summed E-state index contributed by atoms with van der Waals surface area (Å²) in [6.45, 7) is 3.89. The second kappa shape index (κ2) is 5.17. The van der Waals surface area contributed by atoms with Crippen LogP contribution in [0.4, 0.5) is 0 Å². The van der Waals surface area contributed by atoms with Crippen molar-refractivity contribution < 1.29 is 9.59 Å². The predicted octanol–water partition coefficient (Wildman–Crippen LogP) is 2.41. The van der Waals surface area contributed by atoms with Crippen LogP contribution in [0.2, 0.25) is 0 Å². The number of rotatable bonds is 3. The molecule has 21 heavy (non-hydrogen) atoms. The Morgan fingerprint density at radius 1 is 1.24 bits per heavy atom. The van der Waals surface area contributed by atoms with E-state index in [2.05, 4.69) is 12.2 Å². The van der Waals surface area contributed by atoms with Gasteiger partial charge in [0.2, 0.25) is 11.8 Å². The highest BCUT2D eigenvalue weighted by Crippen LogP contribution is 2.46. The molecule has 2 unspecified atom stereocenters. The van der Waals surface area contributed by atoms with Gasteiger partial charge >= 0.3 is 0 Å². The van der Waals surface area contributed by atoms with Gasteiger partial charge in [0.1, 0.15) is 12.1 Å². The Bertz CT molecular complexity index is 546. The summed E-state index contributed by atoms with van der Waals surface area (Å²) in [5.74, 6) is -0.0157. The third kappa shape index (κ3) is 2.13. The fraction of sp³-hybridized carbons (Fsp3) is 0.529. The van der Waals surface area contributed by atoms with E-state index in [9.17, 15) is 9.59 Å². The van der Waals surface area contributed by atoms with E-state index in [0.29, 0.717) is 0 Å². The van der Waals surface area contributed by atoms with E-state index in [4.69, 9.17) is 0 Å². The van der Waals surface area contributed by atoms with Crippen molar-refractivity contribution in [1.82, 2.24) is 10.2 Å². The molecule has 112 valence electrons. The zero-order chi connectivity index (χ0) is 15.0. The summed E-state index contributed by atoms with van der Waals surface area (Å²) in [4.78, 5) is 27.2. The minimum Gasteiger partial charge on any atom is -0.342 e. The third-order valence-corrected chi connectivity index (χ3v) is 5.04. The molecule has 1 heterocycles. The molecule has 0 aromatic heterocycles. The van der Waals surface area contributed by atoms with E-state index in [1.807, 2.05) is 35.2 Å². The lowest BCUT2D eigenvalue weighted by molar-refractivity contribution is -0.162. The van der Waals surface area contributed by atoms with Crippen LogP contribution in [0, 0.1) is 0 Å². The van der Waals surface area contributed by atoms with E-state index in [-0.39, 0.29) is 17.4 Å². The van der Waals surface area contributed by atoms with Crippen molar-refractivity contribution in [2.75, 3.05) is 0 Å². The Hall–Kier alpha value is -1.84. The van der Waals surface area contributed by atoms with Gasteiger partial charge in [0.25, 0.3) is 0 Å². The van der Waals surface area contributed by atoms with Crippen LogP contribution in [0.25, 0.3) is 0 Å². The van der Waals surface area contributed by atoms with Crippen molar-refractivity contribution in [1.29, 1.82) is 0 Å². The maximum atomic E-state index is 12.8. The van der Waals surface area contributed by atoms with Gasteiger partial charge in [-0.25, -0.2) is 0 Å². The smallest absolute Gasteiger partial charge is 0.248 e. The fourth-order valence-electron chi connectivity index (χ4n) is 3.60. The first-order valence-electron chi connectivity index (χ1n) is 7.77. The van der Waals surface area contributed by atoms with E-state index < -0.39 is 12.1 Å². The maximum absolute atomic E-state index is 12.8. The SMILES string of the molecule is CCC1(N2C(=O)C(C)NC(=O)C2c2ccccc2)CCC1. The number of carbonyl (C=O) groups is 2. The van der Waals surface area contributed by atoms with Gasteiger partial charge < -0.3 is 10.2 Å². The average molecular weight is 286 g/mol. The monoisotopic (exact) mass is 286 g/mol. The number of amides is 2. The molecule has 1 saturated heterocycles. The van der Waals surface area contributed by atoms with E-state index in [1.165, 1.54) is 0 Å². The highest BCUT2D eigenvalue weighted by Gasteiger charge is 2.52. The molecule has 0 radical (unpaired) electrons. The first kappa shape index (κ1) is 14.1. The molecular weight excluding hydrogens is 264 g/mol. The minimum atomic E-state index is -0.491. The zero-order valence-corrected chi connectivity index (χ0v) is 12.6. The van der Waals surface area contributed by atoms with Crippen LogP contribution in [-0.4, -0.2) is 28.3 Å². The van der Waals surface area contributed by atoms with Gasteiger partial charge in [-0.2, -0.15) is 0 Å². The van der Waals surface area contributed by atoms with E-state index in [0.717, 1.165) is 31.2 Å². The molecule has 1 aromatic rings. The molecule has 1 aliphatic heterocycles. The lowest BCUT2D eigenvalue weighted by atomic mass is 9.71. The van der Waals surface area contributed by atoms with Crippen molar-refractivity contribution in [2.45, 2.75) is 57.2 Å². The number of hydrogen-bond acceptors (Lipinski definition) is 2. The van der Waals surface area contributed by atoms with Crippen LogP contribution in [0.1, 0.15) is 51.1 Å². The fourth-order valence-corrected chi connectivity index (χ4v) is 3.60. The molecule has 2 amide bonds. The molecule has 1 aromatic carbocycles. The quantitative estimate of drug-likeness (QED) is 0.927. The zero-order valence-electron chi connectivity index (χ0n) is 12.6. The van der Waals surface area contributed by atoms with Crippen molar-refractivity contribution >= 4 is 11.8 Å². The standard InChI is InChI=1S/C17H22N2O2/c1-3-17(10-7-11-17)19-14(13-8-5-4-6-9-13)15(20)18-12(2)16(19)21/h4-6,8-9,12,14H,3,7,10-11H2,1-2H3,(H,18,20). The molecule has 1 aliphatic carbocycles. The first-order chi connectivity index (χ1) is 10.1. The Balaban J connectivity index is 2.05. The number of hydrogen-bond donors (Lipinski definition) is 1. The number of carbonyl (C=O) groups excluding carboxylic acids is 2. The summed E-state index contributed by atoms with van der Waals surface area (Å²) in [6, 6.07) is 8.71. The first-order valence-corrected chi connectivity index (χ1v) is 7.77. The van der Waals surface area contributed by atoms with Crippen molar-refractivity contribution in [3.63, 3.8) is 0 Å². The summed E-state index contributed by atoms with van der Waals surface area (Å²) < 4.78 is 0. The Labute approximate surface area is 125 Å². The summed E-state index contributed by atoms with van der Waals surface area (Å²) in [6.07, 6.45) is 4.04. The number of benzene rings is 1. The van der Waals surface area contributed by atoms with Gasteiger partial charge in [0.15, 0.2) is 0 Å². The molecular formula is C17H22N2O2. The van der Waals surface area contributed by atoms with Crippen molar-refractivity contribution in [2.24, 2.45) is 0 Å². The van der Waals surface area contributed by atoms with Crippen LogP contribution in [0.5, 0.6) is 0 Å². The molecule has 4 heteroatoms.